The molecule has 6 heteroatoms. The molecule has 1 aromatic carbocycles. The maximum Gasteiger partial charge on any atom is 0.147 e. The summed E-state index contributed by atoms with van der Waals surface area (Å²) in [6.45, 7) is 3.02. The highest BCUT2D eigenvalue weighted by atomic mass is 15.3. The summed E-state index contributed by atoms with van der Waals surface area (Å²) >= 11 is 0. The molecular formula is C21H26N6. The quantitative estimate of drug-likeness (QED) is 0.768. The SMILES string of the molecule is c1ccc(-c2cnc(C3CCCCN3Cc3nnc4n3CCCC4)[nH]2)cc1. The molecule has 5 rings (SSSR count). The Hall–Kier alpha value is -2.47. The van der Waals surface area contributed by atoms with Crippen molar-refractivity contribution in [2.45, 2.75) is 57.7 Å². The Morgan fingerprint density at radius 1 is 1.00 bits per heavy atom. The second kappa shape index (κ2) is 7.27. The van der Waals surface area contributed by atoms with Gasteiger partial charge in [0.2, 0.25) is 0 Å². The molecule has 0 bridgehead atoms. The van der Waals surface area contributed by atoms with Gasteiger partial charge in [-0.15, -0.1) is 10.2 Å². The summed E-state index contributed by atoms with van der Waals surface area (Å²) in [6, 6.07) is 10.8. The van der Waals surface area contributed by atoms with Gasteiger partial charge in [-0.1, -0.05) is 36.8 Å². The second-order valence-corrected chi connectivity index (χ2v) is 7.67. The van der Waals surface area contributed by atoms with Crippen LogP contribution in [0.15, 0.2) is 36.5 Å². The molecule has 4 heterocycles. The Morgan fingerprint density at radius 3 is 2.81 bits per heavy atom. The maximum absolute atomic E-state index is 4.74. The zero-order chi connectivity index (χ0) is 18.1. The van der Waals surface area contributed by atoms with Crippen molar-refractivity contribution < 1.29 is 0 Å². The first kappa shape index (κ1) is 16.7. The number of nitrogens with zero attached hydrogens (tertiary/aromatic N) is 5. The number of aromatic nitrogens is 5. The van der Waals surface area contributed by atoms with Crippen LogP contribution in [0.2, 0.25) is 0 Å². The number of benzene rings is 1. The number of imidazole rings is 1. The fourth-order valence-corrected chi connectivity index (χ4v) is 4.43. The van der Waals surface area contributed by atoms with Gasteiger partial charge in [0.15, 0.2) is 0 Å². The summed E-state index contributed by atoms with van der Waals surface area (Å²) in [6.07, 6.45) is 9.14. The number of likely N-dealkylation sites (tertiary alicyclic amines) is 1. The van der Waals surface area contributed by atoms with Crippen LogP contribution >= 0.6 is 0 Å². The van der Waals surface area contributed by atoms with Gasteiger partial charge in [0.1, 0.15) is 17.5 Å². The standard InChI is InChI=1S/C21H26N6/c1-2-8-16(9-3-1)17-14-22-21(23-17)18-10-4-6-12-26(18)15-20-25-24-19-11-5-7-13-27(19)20/h1-3,8-9,14,18H,4-7,10-13,15H2,(H,22,23). The van der Waals surface area contributed by atoms with E-state index in [2.05, 4.69) is 48.9 Å². The molecule has 2 aliphatic heterocycles. The molecule has 140 valence electrons. The van der Waals surface area contributed by atoms with Crippen molar-refractivity contribution in [2.24, 2.45) is 0 Å². The molecule has 0 radical (unpaired) electrons. The highest BCUT2D eigenvalue weighted by molar-refractivity contribution is 5.58. The minimum Gasteiger partial charge on any atom is -0.341 e. The Kier molecular flexibility index (Phi) is 4.49. The van der Waals surface area contributed by atoms with E-state index in [4.69, 9.17) is 4.98 Å². The van der Waals surface area contributed by atoms with E-state index in [1.807, 2.05) is 12.3 Å². The van der Waals surface area contributed by atoms with Gasteiger partial charge >= 0.3 is 0 Å². The monoisotopic (exact) mass is 362 g/mol. The Labute approximate surface area is 159 Å². The smallest absolute Gasteiger partial charge is 0.147 e. The Balaban J connectivity index is 1.38. The van der Waals surface area contributed by atoms with Crippen LogP contribution in [0.1, 0.15) is 55.6 Å². The lowest BCUT2D eigenvalue weighted by Crippen LogP contribution is -2.34. The highest BCUT2D eigenvalue weighted by Gasteiger charge is 2.28. The summed E-state index contributed by atoms with van der Waals surface area (Å²) in [4.78, 5) is 10.8. The summed E-state index contributed by atoms with van der Waals surface area (Å²) in [5, 5.41) is 8.94. The molecule has 27 heavy (non-hydrogen) atoms. The number of rotatable bonds is 4. The minimum absolute atomic E-state index is 0.327. The number of aromatic amines is 1. The molecule has 1 saturated heterocycles. The van der Waals surface area contributed by atoms with Gasteiger partial charge in [-0.05, 0) is 37.8 Å². The van der Waals surface area contributed by atoms with Gasteiger partial charge < -0.3 is 9.55 Å². The van der Waals surface area contributed by atoms with Crippen molar-refractivity contribution in [3.63, 3.8) is 0 Å². The number of H-pyrrole nitrogens is 1. The first-order valence-electron chi connectivity index (χ1n) is 10.1. The van der Waals surface area contributed by atoms with Crippen molar-refractivity contribution in [3.8, 4) is 11.3 Å². The van der Waals surface area contributed by atoms with Gasteiger partial charge in [0, 0.05) is 13.0 Å². The highest BCUT2D eigenvalue weighted by Crippen LogP contribution is 2.32. The summed E-state index contributed by atoms with van der Waals surface area (Å²) < 4.78 is 2.34. The first-order chi connectivity index (χ1) is 13.4. The number of nitrogens with one attached hydrogen (secondary N) is 1. The van der Waals surface area contributed by atoms with Crippen LogP contribution in [0, 0.1) is 0 Å². The van der Waals surface area contributed by atoms with Crippen LogP contribution in [0.5, 0.6) is 0 Å². The number of hydrogen-bond acceptors (Lipinski definition) is 4. The van der Waals surface area contributed by atoms with Crippen LogP contribution < -0.4 is 0 Å². The molecular weight excluding hydrogens is 336 g/mol. The van der Waals surface area contributed by atoms with Crippen LogP contribution in [-0.4, -0.2) is 36.2 Å². The van der Waals surface area contributed by atoms with E-state index in [9.17, 15) is 0 Å². The van der Waals surface area contributed by atoms with Gasteiger partial charge in [-0.3, -0.25) is 4.90 Å². The molecule has 2 aliphatic rings. The van der Waals surface area contributed by atoms with E-state index in [0.717, 1.165) is 55.6 Å². The molecule has 3 aromatic rings. The van der Waals surface area contributed by atoms with Crippen molar-refractivity contribution in [3.05, 3.63) is 54.0 Å². The van der Waals surface area contributed by atoms with Crippen LogP contribution in [0.4, 0.5) is 0 Å². The maximum atomic E-state index is 4.74. The van der Waals surface area contributed by atoms with Crippen molar-refractivity contribution >= 4 is 0 Å². The normalized spacial score (nSPS) is 20.5. The average Bonchev–Trinajstić information content (AvgIpc) is 3.37. The van der Waals surface area contributed by atoms with Crippen molar-refractivity contribution in [1.29, 1.82) is 0 Å². The number of hydrogen-bond donors (Lipinski definition) is 1. The fourth-order valence-electron chi connectivity index (χ4n) is 4.43. The molecule has 0 amide bonds. The third-order valence-corrected chi connectivity index (χ3v) is 5.89. The molecule has 1 N–H and O–H groups in total. The third-order valence-electron chi connectivity index (χ3n) is 5.89. The van der Waals surface area contributed by atoms with E-state index >= 15 is 0 Å². The Morgan fingerprint density at radius 2 is 1.89 bits per heavy atom. The number of piperidine rings is 1. The largest absolute Gasteiger partial charge is 0.341 e. The number of aryl methyl sites for hydroxylation is 1. The zero-order valence-electron chi connectivity index (χ0n) is 15.6. The van der Waals surface area contributed by atoms with E-state index in [1.165, 1.54) is 31.2 Å². The minimum atomic E-state index is 0.327. The van der Waals surface area contributed by atoms with E-state index < -0.39 is 0 Å². The molecule has 6 nitrogen and oxygen atoms in total. The molecule has 0 saturated carbocycles. The van der Waals surface area contributed by atoms with Crippen molar-refractivity contribution in [1.82, 2.24) is 29.6 Å². The first-order valence-corrected chi connectivity index (χ1v) is 10.1. The van der Waals surface area contributed by atoms with Crippen LogP contribution in [-0.2, 0) is 19.5 Å². The molecule has 1 fully saturated rings. The zero-order valence-corrected chi connectivity index (χ0v) is 15.6. The van der Waals surface area contributed by atoms with E-state index in [1.54, 1.807) is 0 Å². The average molecular weight is 362 g/mol. The van der Waals surface area contributed by atoms with E-state index in [0.29, 0.717) is 6.04 Å². The van der Waals surface area contributed by atoms with Gasteiger partial charge in [0.25, 0.3) is 0 Å². The molecule has 1 unspecified atom stereocenters. The fraction of sp³-hybridized carbons (Fsp3) is 0.476. The summed E-state index contributed by atoms with van der Waals surface area (Å²) in [5.74, 6) is 3.35. The summed E-state index contributed by atoms with van der Waals surface area (Å²) in [5.41, 5.74) is 2.28. The number of fused-ring (bicyclic) bond motifs is 1. The topological polar surface area (TPSA) is 62.6 Å². The summed E-state index contributed by atoms with van der Waals surface area (Å²) in [7, 11) is 0. The van der Waals surface area contributed by atoms with Gasteiger partial charge in [-0.2, -0.15) is 0 Å². The second-order valence-electron chi connectivity index (χ2n) is 7.67. The molecule has 2 aromatic heterocycles. The predicted octanol–water partition coefficient (Wildman–Crippen LogP) is 3.73. The third kappa shape index (κ3) is 3.30. The van der Waals surface area contributed by atoms with Crippen molar-refractivity contribution in [2.75, 3.05) is 6.54 Å². The van der Waals surface area contributed by atoms with E-state index in [-0.39, 0.29) is 0 Å². The lowest BCUT2D eigenvalue weighted by Gasteiger charge is -2.34. The van der Waals surface area contributed by atoms with Crippen LogP contribution in [0.25, 0.3) is 11.3 Å². The Bertz CT molecular complexity index is 897. The van der Waals surface area contributed by atoms with Crippen LogP contribution in [0.3, 0.4) is 0 Å². The van der Waals surface area contributed by atoms with Gasteiger partial charge in [0.05, 0.1) is 24.5 Å². The predicted molar refractivity (Wildman–Crippen MR) is 104 cm³/mol. The lowest BCUT2D eigenvalue weighted by molar-refractivity contribution is 0.129. The molecule has 0 aliphatic carbocycles. The molecule has 1 atom stereocenters. The van der Waals surface area contributed by atoms with Gasteiger partial charge in [-0.25, -0.2) is 4.98 Å². The molecule has 0 spiro atoms. The lowest BCUT2D eigenvalue weighted by atomic mass is 10.0.